The zero-order valence-electron chi connectivity index (χ0n) is 35.5. The minimum atomic E-state index is -1.27. The second kappa shape index (κ2) is 16.5. The molecule has 4 aromatic rings. The molecular formula is C48H54Cl2FN7O5. The van der Waals surface area contributed by atoms with Crippen LogP contribution in [-0.4, -0.2) is 74.9 Å². The molecule has 6 aliphatic rings. The van der Waals surface area contributed by atoms with Gasteiger partial charge in [-0.3, -0.25) is 38.9 Å². The van der Waals surface area contributed by atoms with Gasteiger partial charge in [0, 0.05) is 48.2 Å². The number of piperidine rings is 2. The molecule has 1 unspecified atom stereocenters. The van der Waals surface area contributed by atoms with Crippen molar-refractivity contribution in [2.75, 3.05) is 25.0 Å². The zero-order chi connectivity index (χ0) is 43.8. The quantitative estimate of drug-likeness (QED) is 0.147. The molecule has 3 saturated heterocycles. The number of nitrogens with one attached hydrogen (secondary N) is 4. The number of imidazole rings is 1. The lowest BCUT2D eigenvalue weighted by atomic mass is 9.55. The summed E-state index contributed by atoms with van der Waals surface area (Å²) in [7, 11) is 1.76. The monoisotopic (exact) mass is 897 g/mol. The highest BCUT2D eigenvalue weighted by Gasteiger charge is 2.72. The average molecular weight is 899 g/mol. The van der Waals surface area contributed by atoms with Crippen molar-refractivity contribution in [3.05, 3.63) is 97.6 Å². The number of rotatable bonds is 7. The van der Waals surface area contributed by atoms with E-state index in [4.69, 9.17) is 23.2 Å². The third kappa shape index (κ3) is 6.94. The molecule has 2 aliphatic carbocycles. The van der Waals surface area contributed by atoms with Gasteiger partial charge < -0.3 is 15.5 Å². The van der Waals surface area contributed by atoms with Gasteiger partial charge in [0.05, 0.1) is 22.1 Å². The summed E-state index contributed by atoms with van der Waals surface area (Å²) in [5.74, 6) is -1.93. The largest absolute Gasteiger partial charge is 0.352 e. The van der Waals surface area contributed by atoms with E-state index >= 15 is 4.39 Å². The topological polar surface area (TPSA) is 147 Å². The Labute approximate surface area is 375 Å². The fourth-order valence-electron chi connectivity index (χ4n) is 12.8. The molecule has 2 spiro atoms. The van der Waals surface area contributed by atoms with Gasteiger partial charge in [-0.2, -0.15) is 0 Å². The van der Waals surface area contributed by atoms with Crippen LogP contribution in [0.25, 0.3) is 11.0 Å². The Bertz CT molecular complexity index is 2570. The number of anilines is 1. The second-order valence-corrected chi connectivity index (χ2v) is 19.9. The molecule has 2 saturated carbocycles. The number of amides is 4. The number of nitrogens with zero attached hydrogens (tertiary/aromatic N) is 3. The number of benzene rings is 3. The summed E-state index contributed by atoms with van der Waals surface area (Å²) >= 11 is 12.9. The lowest BCUT2D eigenvalue weighted by Gasteiger charge is -2.47. The van der Waals surface area contributed by atoms with Crippen LogP contribution < -0.4 is 27.0 Å². The van der Waals surface area contributed by atoms with Crippen molar-refractivity contribution in [1.82, 2.24) is 30.0 Å². The Morgan fingerprint density at radius 1 is 0.873 bits per heavy atom. The Balaban J connectivity index is 0.816. The number of carbonyl (C=O) groups is 4. The fraction of sp³-hybridized carbons (Fsp3) is 0.521. The zero-order valence-corrected chi connectivity index (χ0v) is 37.0. The van der Waals surface area contributed by atoms with Crippen LogP contribution in [0.4, 0.5) is 10.1 Å². The third-order valence-electron chi connectivity index (χ3n) is 15.7. The molecule has 5 heterocycles. The summed E-state index contributed by atoms with van der Waals surface area (Å²) in [5, 5.41) is 13.1. The minimum absolute atomic E-state index is 0.0466. The molecule has 1 aromatic heterocycles. The Morgan fingerprint density at radius 3 is 2.35 bits per heavy atom. The first-order valence-electron chi connectivity index (χ1n) is 22.8. The normalized spacial score (nSPS) is 28.7. The number of hydrogen-bond donors (Lipinski definition) is 4. The summed E-state index contributed by atoms with van der Waals surface area (Å²) in [6.45, 7) is 2.84. The summed E-state index contributed by atoms with van der Waals surface area (Å²) in [6.07, 6.45) is 10.1. The number of carbonyl (C=O) groups excluding carboxylic acids is 4. The second-order valence-electron chi connectivity index (χ2n) is 19.0. The smallest absolute Gasteiger partial charge is 0.329 e. The van der Waals surface area contributed by atoms with Gasteiger partial charge in [-0.05, 0) is 124 Å². The van der Waals surface area contributed by atoms with Crippen molar-refractivity contribution >= 4 is 63.6 Å². The minimum Gasteiger partial charge on any atom is -0.352 e. The number of para-hydroxylation sites is 1. The van der Waals surface area contributed by atoms with Crippen molar-refractivity contribution < 1.29 is 23.6 Å². The molecule has 0 radical (unpaired) electrons. The molecule has 10 rings (SSSR count). The Morgan fingerprint density at radius 2 is 1.60 bits per heavy atom. The third-order valence-corrected chi connectivity index (χ3v) is 16.2. The van der Waals surface area contributed by atoms with Crippen LogP contribution in [0.3, 0.4) is 0 Å². The molecule has 4 N–H and O–H groups in total. The molecule has 15 heteroatoms. The predicted molar refractivity (Wildman–Crippen MR) is 240 cm³/mol. The van der Waals surface area contributed by atoms with Crippen molar-refractivity contribution in [3.63, 3.8) is 0 Å². The standard InChI is InChI=1S/C48H54Cl2FN7O5/c1-56-42-31(7-6-10-36(42)58(46(56)63)37-17-18-38(59)54-43(37)60)28-19-23-57(24-20-28)26-27-11-14-30(15-12-27)52-44(61)41-39(32-8-5-9-34(50)40(32)51)48(47(55-41)21-3-2-4-22-47)33-16-13-29(49)25-35(33)53-45(48)62/h5-10,13,16,25,27-28,30,37,39,41,55H,2-4,11-12,14-15,17-24,26H2,1H3,(H,52,61)(H,53,62)(H,54,59,60)/t27?,30?,37?,39-,41+,48+/m0/s1. The highest BCUT2D eigenvalue weighted by atomic mass is 35.5. The molecule has 63 heavy (non-hydrogen) atoms. The molecule has 5 fully saturated rings. The number of aryl methyl sites for hydroxylation is 1. The number of fused-ring (bicyclic) bond motifs is 4. The van der Waals surface area contributed by atoms with Gasteiger partial charge in [0.15, 0.2) is 0 Å². The van der Waals surface area contributed by atoms with Gasteiger partial charge >= 0.3 is 5.69 Å². The first-order valence-corrected chi connectivity index (χ1v) is 23.5. The van der Waals surface area contributed by atoms with Crippen LogP contribution in [0.5, 0.6) is 0 Å². The van der Waals surface area contributed by atoms with E-state index < -0.39 is 40.7 Å². The van der Waals surface area contributed by atoms with Crippen LogP contribution in [0.2, 0.25) is 10.0 Å². The van der Waals surface area contributed by atoms with Crippen molar-refractivity contribution in [1.29, 1.82) is 0 Å². The van der Waals surface area contributed by atoms with Crippen molar-refractivity contribution in [3.8, 4) is 0 Å². The van der Waals surface area contributed by atoms with E-state index in [-0.39, 0.29) is 52.4 Å². The molecular weight excluding hydrogens is 844 g/mol. The first-order chi connectivity index (χ1) is 30.4. The van der Waals surface area contributed by atoms with E-state index in [1.54, 1.807) is 40.4 Å². The Kier molecular flexibility index (Phi) is 11.1. The predicted octanol–water partition coefficient (Wildman–Crippen LogP) is 6.97. The van der Waals surface area contributed by atoms with Crippen molar-refractivity contribution in [2.24, 2.45) is 13.0 Å². The van der Waals surface area contributed by atoms with Gasteiger partial charge in [-0.25, -0.2) is 9.18 Å². The number of halogens is 3. The summed E-state index contributed by atoms with van der Waals surface area (Å²) in [5.41, 5.74) is 1.99. The SMILES string of the molecule is Cn1c(=O)n(C2CCC(=O)NC2=O)c2cccc(C3CCN(CC4CCC(NC(=O)[C@@H]5NC6(CCCCC6)[C@@]6(C(=O)Nc7cc(Cl)ccc76)[C@H]5c5cccc(Cl)c5F)CC4)CC3)c21. The molecule has 4 amide bonds. The average Bonchev–Trinajstić information content (AvgIpc) is 3.83. The lowest BCUT2D eigenvalue weighted by Crippen LogP contribution is -2.60. The molecule has 4 atom stereocenters. The maximum Gasteiger partial charge on any atom is 0.329 e. The first kappa shape index (κ1) is 42.4. The fourth-order valence-corrected chi connectivity index (χ4v) is 13.2. The van der Waals surface area contributed by atoms with Crippen LogP contribution in [-0.2, 0) is 31.6 Å². The van der Waals surface area contributed by atoms with Gasteiger partial charge in [-0.15, -0.1) is 0 Å². The summed E-state index contributed by atoms with van der Waals surface area (Å²) in [4.78, 5) is 70.2. The van der Waals surface area contributed by atoms with E-state index in [9.17, 15) is 24.0 Å². The van der Waals surface area contributed by atoms with E-state index in [0.717, 1.165) is 99.6 Å². The highest BCUT2D eigenvalue weighted by molar-refractivity contribution is 6.31. The van der Waals surface area contributed by atoms with Gasteiger partial charge in [-0.1, -0.05) is 72.8 Å². The van der Waals surface area contributed by atoms with E-state index in [2.05, 4.69) is 32.2 Å². The lowest BCUT2D eigenvalue weighted by molar-refractivity contribution is -0.136. The van der Waals surface area contributed by atoms with Crippen LogP contribution >= 0.6 is 23.2 Å². The summed E-state index contributed by atoms with van der Waals surface area (Å²) in [6, 6.07) is 14.6. The summed E-state index contributed by atoms with van der Waals surface area (Å²) < 4.78 is 19.6. The Hall–Kier alpha value is -4.56. The molecule has 3 aromatic carbocycles. The van der Waals surface area contributed by atoms with Crippen molar-refractivity contribution in [2.45, 2.75) is 124 Å². The number of likely N-dealkylation sites (tertiary alicyclic amines) is 1. The van der Waals surface area contributed by atoms with E-state index in [1.807, 2.05) is 18.2 Å². The highest BCUT2D eigenvalue weighted by Crippen LogP contribution is 2.63. The van der Waals surface area contributed by atoms with E-state index in [1.165, 1.54) is 6.07 Å². The number of hydrogen-bond acceptors (Lipinski definition) is 7. The molecule has 12 nitrogen and oxygen atoms in total. The number of aromatic nitrogens is 2. The van der Waals surface area contributed by atoms with Crippen LogP contribution in [0.15, 0.2) is 59.4 Å². The maximum atomic E-state index is 16.3. The van der Waals surface area contributed by atoms with Crippen LogP contribution in [0, 0.1) is 11.7 Å². The van der Waals surface area contributed by atoms with Crippen LogP contribution in [0.1, 0.15) is 118 Å². The molecule has 332 valence electrons. The van der Waals surface area contributed by atoms with Gasteiger partial charge in [0.2, 0.25) is 23.6 Å². The molecule has 0 bridgehead atoms. The van der Waals surface area contributed by atoms with E-state index in [0.29, 0.717) is 35.9 Å². The van der Waals surface area contributed by atoms with Gasteiger partial charge in [0.25, 0.3) is 0 Å². The molecule has 4 aliphatic heterocycles. The maximum absolute atomic E-state index is 16.3. The number of imide groups is 1. The van der Waals surface area contributed by atoms with Gasteiger partial charge in [0.1, 0.15) is 17.3 Å².